The highest BCUT2D eigenvalue weighted by atomic mass is 32.1. The molecule has 1 aromatic heterocycles. The van der Waals surface area contributed by atoms with E-state index in [0.29, 0.717) is 12.2 Å². The van der Waals surface area contributed by atoms with Crippen molar-refractivity contribution in [3.63, 3.8) is 0 Å². The summed E-state index contributed by atoms with van der Waals surface area (Å²) in [6.45, 7) is 4.86. The van der Waals surface area contributed by atoms with Gasteiger partial charge in [-0.25, -0.2) is 4.39 Å². The normalized spacial score (nSPS) is 10.5. The zero-order valence-corrected chi connectivity index (χ0v) is 10.7. The smallest absolute Gasteiger partial charge is 0.148 e. The molecule has 0 atom stereocenters. The second-order valence-corrected chi connectivity index (χ2v) is 5.35. The summed E-state index contributed by atoms with van der Waals surface area (Å²) in [5, 5.41) is 3.16. The zero-order chi connectivity index (χ0) is 12.4. The van der Waals surface area contributed by atoms with Gasteiger partial charge in [0.1, 0.15) is 5.82 Å². The van der Waals surface area contributed by atoms with Gasteiger partial charge in [-0.3, -0.25) is 0 Å². The molecule has 0 spiro atoms. The van der Waals surface area contributed by atoms with E-state index in [-0.39, 0.29) is 11.5 Å². The van der Waals surface area contributed by atoms with Gasteiger partial charge in [-0.05, 0) is 37.6 Å². The van der Waals surface area contributed by atoms with Crippen LogP contribution in [0.4, 0.5) is 15.8 Å². The molecule has 1 heterocycles. The summed E-state index contributed by atoms with van der Waals surface area (Å²) in [7, 11) is 0. The molecule has 0 amide bonds. The second-order valence-electron chi connectivity index (χ2n) is 4.01. The molecule has 4 heteroatoms. The third kappa shape index (κ3) is 2.58. The molecular weight excluding hydrogens is 235 g/mol. The van der Waals surface area contributed by atoms with E-state index < -0.39 is 0 Å². The molecule has 0 saturated carbocycles. The first kappa shape index (κ1) is 11.9. The number of benzene rings is 1. The SMILES string of the molecule is Cc1cc(CNc2cccc(F)c2N)sc1C. The summed E-state index contributed by atoms with van der Waals surface area (Å²) in [5.41, 5.74) is 7.76. The van der Waals surface area contributed by atoms with Crippen molar-refractivity contribution < 1.29 is 4.39 Å². The topological polar surface area (TPSA) is 38.0 Å². The highest BCUT2D eigenvalue weighted by molar-refractivity contribution is 7.12. The van der Waals surface area contributed by atoms with Crippen LogP contribution in [0.1, 0.15) is 15.3 Å². The van der Waals surface area contributed by atoms with E-state index in [0.717, 1.165) is 0 Å². The Kier molecular flexibility index (Phi) is 3.33. The zero-order valence-electron chi connectivity index (χ0n) is 9.88. The molecule has 1 aromatic carbocycles. The number of nitrogens with one attached hydrogen (secondary N) is 1. The molecular formula is C13H15FN2S. The van der Waals surface area contributed by atoms with E-state index in [9.17, 15) is 4.39 Å². The Balaban J connectivity index is 2.10. The molecule has 0 radical (unpaired) electrons. The van der Waals surface area contributed by atoms with Crippen molar-refractivity contribution in [1.82, 2.24) is 0 Å². The molecule has 0 unspecified atom stereocenters. The fourth-order valence-electron chi connectivity index (χ4n) is 1.61. The van der Waals surface area contributed by atoms with Crippen molar-refractivity contribution in [2.45, 2.75) is 20.4 Å². The minimum absolute atomic E-state index is 0.178. The van der Waals surface area contributed by atoms with Gasteiger partial charge in [0.25, 0.3) is 0 Å². The lowest BCUT2D eigenvalue weighted by Crippen LogP contribution is -2.02. The number of rotatable bonds is 3. The van der Waals surface area contributed by atoms with Crippen LogP contribution in [0.2, 0.25) is 0 Å². The minimum Gasteiger partial charge on any atom is -0.395 e. The van der Waals surface area contributed by atoms with E-state index in [1.807, 2.05) is 0 Å². The van der Waals surface area contributed by atoms with Crippen LogP contribution in [0.25, 0.3) is 0 Å². The maximum atomic E-state index is 13.2. The summed E-state index contributed by atoms with van der Waals surface area (Å²) in [6, 6.07) is 6.94. The van der Waals surface area contributed by atoms with Gasteiger partial charge in [0.15, 0.2) is 0 Å². The van der Waals surface area contributed by atoms with Crippen LogP contribution in [0.5, 0.6) is 0 Å². The van der Waals surface area contributed by atoms with Gasteiger partial charge in [-0.15, -0.1) is 11.3 Å². The first-order chi connectivity index (χ1) is 8.08. The highest BCUT2D eigenvalue weighted by Gasteiger charge is 2.05. The van der Waals surface area contributed by atoms with Crippen LogP contribution in [0, 0.1) is 19.7 Å². The van der Waals surface area contributed by atoms with E-state index in [4.69, 9.17) is 5.73 Å². The molecule has 3 N–H and O–H groups in total. The number of hydrogen-bond donors (Lipinski definition) is 2. The van der Waals surface area contributed by atoms with Gasteiger partial charge in [-0.2, -0.15) is 0 Å². The third-order valence-corrected chi connectivity index (χ3v) is 3.88. The molecule has 2 rings (SSSR count). The lowest BCUT2D eigenvalue weighted by Gasteiger charge is -2.08. The van der Waals surface area contributed by atoms with Gasteiger partial charge < -0.3 is 11.1 Å². The van der Waals surface area contributed by atoms with Gasteiger partial charge >= 0.3 is 0 Å². The Labute approximate surface area is 104 Å². The Morgan fingerprint density at radius 3 is 2.76 bits per heavy atom. The Hall–Kier alpha value is -1.55. The number of nitrogens with two attached hydrogens (primary N) is 1. The summed E-state index contributed by atoms with van der Waals surface area (Å²) < 4.78 is 13.2. The number of para-hydroxylation sites is 1. The van der Waals surface area contributed by atoms with E-state index in [1.165, 1.54) is 21.4 Å². The Morgan fingerprint density at radius 1 is 1.35 bits per heavy atom. The average molecular weight is 250 g/mol. The van der Waals surface area contributed by atoms with E-state index >= 15 is 0 Å². The fraction of sp³-hybridized carbons (Fsp3) is 0.231. The van der Waals surface area contributed by atoms with Gasteiger partial charge in [0.2, 0.25) is 0 Å². The van der Waals surface area contributed by atoms with Gasteiger partial charge in [-0.1, -0.05) is 6.07 Å². The monoisotopic (exact) mass is 250 g/mol. The lowest BCUT2D eigenvalue weighted by molar-refractivity contribution is 0.633. The van der Waals surface area contributed by atoms with Crippen LogP contribution in [-0.4, -0.2) is 0 Å². The standard InChI is InChI=1S/C13H15FN2S/c1-8-6-10(17-9(8)2)7-16-12-5-3-4-11(14)13(12)15/h3-6,16H,7,15H2,1-2H3. The summed E-state index contributed by atoms with van der Waals surface area (Å²) in [5.74, 6) is -0.381. The average Bonchev–Trinajstić information content (AvgIpc) is 2.61. The van der Waals surface area contributed by atoms with E-state index in [2.05, 4.69) is 25.2 Å². The van der Waals surface area contributed by atoms with Crippen molar-refractivity contribution in [2.24, 2.45) is 0 Å². The van der Waals surface area contributed by atoms with E-state index in [1.54, 1.807) is 23.5 Å². The maximum Gasteiger partial charge on any atom is 0.148 e. The van der Waals surface area contributed by atoms with Crippen LogP contribution in [0.3, 0.4) is 0 Å². The highest BCUT2D eigenvalue weighted by Crippen LogP contribution is 2.24. The number of nitrogen functional groups attached to an aromatic ring is 1. The van der Waals surface area contributed by atoms with Gasteiger partial charge in [0, 0.05) is 16.3 Å². The second kappa shape index (κ2) is 4.75. The van der Waals surface area contributed by atoms with Crippen LogP contribution < -0.4 is 11.1 Å². The van der Waals surface area contributed by atoms with Crippen molar-refractivity contribution in [2.75, 3.05) is 11.1 Å². The predicted octanol–water partition coefficient (Wildman–Crippen LogP) is 3.70. The fourth-order valence-corrected chi connectivity index (χ4v) is 2.60. The van der Waals surface area contributed by atoms with Crippen LogP contribution >= 0.6 is 11.3 Å². The molecule has 2 aromatic rings. The third-order valence-electron chi connectivity index (χ3n) is 2.72. The lowest BCUT2D eigenvalue weighted by atomic mass is 10.2. The summed E-state index contributed by atoms with van der Waals surface area (Å²) in [6.07, 6.45) is 0. The largest absolute Gasteiger partial charge is 0.395 e. The van der Waals surface area contributed by atoms with Crippen molar-refractivity contribution in [1.29, 1.82) is 0 Å². The first-order valence-electron chi connectivity index (χ1n) is 5.41. The van der Waals surface area contributed by atoms with Crippen LogP contribution in [0.15, 0.2) is 24.3 Å². The molecule has 0 fully saturated rings. The molecule has 0 bridgehead atoms. The molecule has 0 aliphatic carbocycles. The molecule has 90 valence electrons. The first-order valence-corrected chi connectivity index (χ1v) is 6.23. The molecule has 0 aliphatic heterocycles. The Morgan fingerprint density at radius 2 is 2.12 bits per heavy atom. The Bertz CT molecular complexity index is 515. The summed E-state index contributed by atoms with van der Waals surface area (Å²) >= 11 is 1.75. The molecule has 2 nitrogen and oxygen atoms in total. The van der Waals surface area contributed by atoms with Crippen molar-refractivity contribution >= 4 is 22.7 Å². The number of hydrogen-bond acceptors (Lipinski definition) is 3. The quantitative estimate of drug-likeness (QED) is 0.815. The molecule has 17 heavy (non-hydrogen) atoms. The molecule has 0 saturated heterocycles. The number of halogens is 1. The molecule has 0 aliphatic rings. The van der Waals surface area contributed by atoms with Crippen molar-refractivity contribution in [3.8, 4) is 0 Å². The summed E-state index contributed by atoms with van der Waals surface area (Å²) in [4.78, 5) is 2.54. The minimum atomic E-state index is -0.381. The number of anilines is 2. The number of aryl methyl sites for hydroxylation is 2. The maximum absolute atomic E-state index is 13.2. The van der Waals surface area contributed by atoms with Crippen LogP contribution in [-0.2, 0) is 6.54 Å². The van der Waals surface area contributed by atoms with Crippen molar-refractivity contribution in [3.05, 3.63) is 45.4 Å². The predicted molar refractivity (Wildman–Crippen MR) is 71.9 cm³/mol. The van der Waals surface area contributed by atoms with Gasteiger partial charge in [0.05, 0.1) is 11.4 Å². The number of thiophene rings is 1.